The standard InChI is InChI=1S/C23H24N4O4/c28-23(25-22-12-13-24-26(22)19-8-4-5-9-19)16-31-21-11-10-20(27(29)30)15-18(21)14-17-6-2-1-3-7-17/h1-3,6-7,10-13,15,19H,4-5,8-9,14,16H2,(H,25,28). The highest BCUT2D eigenvalue weighted by molar-refractivity contribution is 5.91. The van der Waals surface area contributed by atoms with Gasteiger partial charge in [-0.1, -0.05) is 43.2 Å². The zero-order valence-corrected chi connectivity index (χ0v) is 17.1. The summed E-state index contributed by atoms with van der Waals surface area (Å²) in [7, 11) is 0. The maximum Gasteiger partial charge on any atom is 0.269 e. The summed E-state index contributed by atoms with van der Waals surface area (Å²) in [6.07, 6.45) is 6.62. The Balaban J connectivity index is 1.44. The number of hydrogen-bond acceptors (Lipinski definition) is 5. The SMILES string of the molecule is O=C(COc1ccc([N+](=O)[O-])cc1Cc1ccccc1)Nc1ccnn1C1CCCC1. The summed E-state index contributed by atoms with van der Waals surface area (Å²) in [5.41, 5.74) is 1.64. The third-order valence-electron chi connectivity index (χ3n) is 5.46. The smallest absolute Gasteiger partial charge is 0.269 e. The van der Waals surface area contributed by atoms with Crippen molar-refractivity contribution in [3.8, 4) is 5.75 Å². The van der Waals surface area contributed by atoms with Crippen LogP contribution in [-0.4, -0.2) is 27.2 Å². The van der Waals surface area contributed by atoms with Crippen LogP contribution in [0.2, 0.25) is 0 Å². The summed E-state index contributed by atoms with van der Waals surface area (Å²) < 4.78 is 7.63. The number of hydrogen-bond donors (Lipinski definition) is 1. The Bertz CT molecular complexity index is 1060. The Morgan fingerprint density at radius 1 is 1.16 bits per heavy atom. The molecular formula is C23H24N4O4. The Labute approximate surface area is 180 Å². The van der Waals surface area contributed by atoms with Crippen LogP contribution in [0.25, 0.3) is 0 Å². The van der Waals surface area contributed by atoms with E-state index in [-0.39, 0.29) is 18.2 Å². The molecule has 1 N–H and O–H groups in total. The maximum absolute atomic E-state index is 12.5. The quantitative estimate of drug-likeness (QED) is 0.427. The molecule has 2 aromatic carbocycles. The van der Waals surface area contributed by atoms with Crippen molar-refractivity contribution >= 4 is 17.4 Å². The number of nitrogens with zero attached hydrogens (tertiary/aromatic N) is 3. The lowest BCUT2D eigenvalue weighted by Gasteiger charge is -2.15. The molecule has 4 rings (SSSR count). The van der Waals surface area contributed by atoms with Gasteiger partial charge in [0.1, 0.15) is 11.6 Å². The van der Waals surface area contributed by atoms with Gasteiger partial charge in [0.25, 0.3) is 11.6 Å². The first kappa shape index (κ1) is 20.6. The van der Waals surface area contributed by atoms with Crippen LogP contribution in [0.15, 0.2) is 60.8 Å². The lowest BCUT2D eigenvalue weighted by Crippen LogP contribution is -2.23. The average Bonchev–Trinajstić information content (AvgIpc) is 3.45. The molecule has 160 valence electrons. The molecule has 1 aromatic heterocycles. The highest BCUT2D eigenvalue weighted by Gasteiger charge is 2.21. The largest absolute Gasteiger partial charge is 0.483 e. The molecule has 0 atom stereocenters. The normalized spacial score (nSPS) is 13.8. The molecule has 1 amide bonds. The lowest BCUT2D eigenvalue weighted by molar-refractivity contribution is -0.384. The molecule has 1 saturated carbocycles. The summed E-state index contributed by atoms with van der Waals surface area (Å²) in [6, 6.07) is 16.1. The number of anilines is 1. The van der Waals surface area contributed by atoms with Crippen molar-refractivity contribution in [3.05, 3.63) is 82.0 Å². The molecule has 0 radical (unpaired) electrons. The van der Waals surface area contributed by atoms with Gasteiger partial charge >= 0.3 is 0 Å². The molecule has 0 spiro atoms. The van der Waals surface area contributed by atoms with E-state index in [2.05, 4.69) is 10.4 Å². The van der Waals surface area contributed by atoms with Crippen molar-refractivity contribution in [2.45, 2.75) is 38.1 Å². The van der Waals surface area contributed by atoms with E-state index in [1.807, 2.05) is 35.0 Å². The first-order chi connectivity index (χ1) is 15.1. The molecule has 1 aliphatic rings. The first-order valence-electron chi connectivity index (χ1n) is 10.4. The molecule has 8 nitrogen and oxygen atoms in total. The van der Waals surface area contributed by atoms with Crippen LogP contribution < -0.4 is 10.1 Å². The zero-order valence-electron chi connectivity index (χ0n) is 17.1. The number of carbonyl (C=O) groups is 1. The van der Waals surface area contributed by atoms with Gasteiger partial charge < -0.3 is 10.1 Å². The average molecular weight is 420 g/mol. The number of nitro groups is 1. The predicted molar refractivity (Wildman–Crippen MR) is 116 cm³/mol. The molecule has 3 aromatic rings. The minimum atomic E-state index is -0.435. The third-order valence-corrected chi connectivity index (χ3v) is 5.46. The van der Waals surface area contributed by atoms with Crippen molar-refractivity contribution in [3.63, 3.8) is 0 Å². The van der Waals surface area contributed by atoms with E-state index in [1.165, 1.54) is 25.0 Å². The number of ether oxygens (including phenoxy) is 1. The molecule has 31 heavy (non-hydrogen) atoms. The molecule has 0 unspecified atom stereocenters. The van der Waals surface area contributed by atoms with E-state index in [0.717, 1.165) is 18.4 Å². The van der Waals surface area contributed by atoms with E-state index >= 15 is 0 Å². The monoisotopic (exact) mass is 420 g/mol. The minimum absolute atomic E-state index is 0.0109. The van der Waals surface area contributed by atoms with E-state index in [4.69, 9.17) is 4.74 Å². The number of carbonyl (C=O) groups excluding carboxylic acids is 1. The van der Waals surface area contributed by atoms with Gasteiger partial charge in [-0.2, -0.15) is 5.10 Å². The molecule has 1 heterocycles. The number of nitrogens with one attached hydrogen (secondary N) is 1. The fourth-order valence-electron chi connectivity index (χ4n) is 3.95. The molecular weight excluding hydrogens is 396 g/mol. The van der Waals surface area contributed by atoms with Gasteiger partial charge in [0, 0.05) is 30.2 Å². The van der Waals surface area contributed by atoms with Gasteiger partial charge in [-0.25, -0.2) is 4.68 Å². The molecule has 0 saturated heterocycles. The van der Waals surface area contributed by atoms with Gasteiger partial charge in [-0.05, 0) is 24.5 Å². The van der Waals surface area contributed by atoms with Crippen molar-refractivity contribution in [2.75, 3.05) is 11.9 Å². The van der Waals surface area contributed by atoms with E-state index in [9.17, 15) is 14.9 Å². The summed E-state index contributed by atoms with van der Waals surface area (Å²) in [4.78, 5) is 23.3. The second-order valence-corrected chi connectivity index (χ2v) is 7.65. The van der Waals surface area contributed by atoms with Gasteiger partial charge in [0.2, 0.25) is 0 Å². The van der Waals surface area contributed by atoms with Crippen LogP contribution in [0.4, 0.5) is 11.5 Å². The topological polar surface area (TPSA) is 99.3 Å². The van der Waals surface area contributed by atoms with E-state index in [0.29, 0.717) is 29.6 Å². The van der Waals surface area contributed by atoms with Gasteiger partial charge in [-0.15, -0.1) is 0 Å². The van der Waals surface area contributed by atoms with E-state index in [1.54, 1.807) is 18.3 Å². The summed E-state index contributed by atoms with van der Waals surface area (Å²) in [6.45, 7) is -0.199. The van der Waals surface area contributed by atoms with Gasteiger partial charge in [0.15, 0.2) is 6.61 Å². The summed E-state index contributed by atoms with van der Waals surface area (Å²) >= 11 is 0. The lowest BCUT2D eigenvalue weighted by atomic mass is 10.0. The summed E-state index contributed by atoms with van der Waals surface area (Å²) in [5, 5.41) is 18.4. The number of nitro benzene ring substituents is 1. The third kappa shape index (κ3) is 5.09. The minimum Gasteiger partial charge on any atom is -0.483 e. The Morgan fingerprint density at radius 3 is 2.68 bits per heavy atom. The summed E-state index contributed by atoms with van der Waals surface area (Å²) in [5.74, 6) is 0.811. The highest BCUT2D eigenvalue weighted by atomic mass is 16.6. The van der Waals surface area contributed by atoms with Gasteiger partial charge in [0.05, 0.1) is 17.2 Å². The van der Waals surface area contributed by atoms with Crippen molar-refractivity contribution in [1.82, 2.24) is 9.78 Å². The Kier molecular flexibility index (Phi) is 6.26. The Morgan fingerprint density at radius 2 is 1.94 bits per heavy atom. The second kappa shape index (κ2) is 9.42. The van der Waals surface area contributed by atoms with Crippen LogP contribution in [-0.2, 0) is 11.2 Å². The predicted octanol–water partition coefficient (Wildman–Crippen LogP) is 4.51. The Hall–Kier alpha value is -3.68. The fraction of sp³-hybridized carbons (Fsp3) is 0.304. The number of non-ortho nitro benzene ring substituents is 1. The number of aromatic nitrogens is 2. The van der Waals surface area contributed by atoms with E-state index < -0.39 is 4.92 Å². The molecule has 1 aliphatic carbocycles. The highest BCUT2D eigenvalue weighted by Crippen LogP contribution is 2.31. The van der Waals surface area contributed by atoms with Crippen molar-refractivity contribution in [2.24, 2.45) is 0 Å². The maximum atomic E-state index is 12.5. The zero-order chi connectivity index (χ0) is 21.6. The molecule has 8 heteroatoms. The van der Waals surface area contributed by atoms with Crippen LogP contribution in [0.3, 0.4) is 0 Å². The molecule has 1 fully saturated rings. The molecule has 0 bridgehead atoms. The van der Waals surface area contributed by atoms with Crippen LogP contribution in [0.5, 0.6) is 5.75 Å². The van der Waals surface area contributed by atoms with Crippen molar-refractivity contribution in [1.29, 1.82) is 0 Å². The number of benzene rings is 2. The van der Waals surface area contributed by atoms with Crippen molar-refractivity contribution < 1.29 is 14.5 Å². The van der Waals surface area contributed by atoms with Crippen LogP contribution in [0.1, 0.15) is 42.9 Å². The van der Waals surface area contributed by atoms with Gasteiger partial charge in [-0.3, -0.25) is 14.9 Å². The number of rotatable bonds is 8. The second-order valence-electron chi connectivity index (χ2n) is 7.65. The van der Waals surface area contributed by atoms with Crippen LogP contribution in [0, 0.1) is 10.1 Å². The van der Waals surface area contributed by atoms with Crippen LogP contribution >= 0.6 is 0 Å². The molecule has 0 aliphatic heterocycles. The number of amides is 1. The fourth-order valence-corrected chi connectivity index (χ4v) is 3.95. The first-order valence-corrected chi connectivity index (χ1v) is 10.4.